The fourth-order valence-electron chi connectivity index (χ4n) is 4.63. The molecule has 0 aromatic heterocycles. The topological polar surface area (TPSA) is 69.7 Å². The van der Waals surface area contributed by atoms with E-state index in [0.717, 1.165) is 63.7 Å². The highest BCUT2D eigenvalue weighted by Gasteiger charge is 2.27. The smallest absolute Gasteiger partial charge is 0.243 e. The molecule has 2 heterocycles. The van der Waals surface area contributed by atoms with E-state index in [1.54, 1.807) is 34.6 Å². The number of carbonyl (C=O) groups excluding carboxylic acids is 1. The number of rotatable bonds is 6. The van der Waals surface area contributed by atoms with Crippen LogP contribution in [0, 0.1) is 5.92 Å². The second-order valence-corrected chi connectivity index (χ2v) is 11.9. The molecule has 4 rings (SSSR count). The van der Waals surface area contributed by atoms with E-state index in [1.807, 2.05) is 12.1 Å². The molecule has 0 atom stereocenters. The molecule has 0 bridgehead atoms. The Morgan fingerprint density at radius 3 is 2.18 bits per heavy atom. The first-order chi connectivity index (χ1) is 16.3. The summed E-state index contributed by atoms with van der Waals surface area (Å²) >= 11 is 12.3. The van der Waals surface area contributed by atoms with Crippen LogP contribution in [-0.4, -0.2) is 49.7 Å². The maximum absolute atomic E-state index is 12.9. The van der Waals surface area contributed by atoms with Crippen LogP contribution in [0.5, 0.6) is 0 Å². The number of piperidine rings is 1. The summed E-state index contributed by atoms with van der Waals surface area (Å²) in [6.07, 6.45) is 5.48. The minimum absolute atomic E-state index is 0.0210. The number of anilines is 1. The van der Waals surface area contributed by atoms with E-state index in [1.165, 1.54) is 0 Å². The normalized spacial score (nSPS) is 19.0. The highest BCUT2D eigenvalue weighted by atomic mass is 35.5. The van der Waals surface area contributed by atoms with Gasteiger partial charge in [0.1, 0.15) is 0 Å². The van der Waals surface area contributed by atoms with Gasteiger partial charge in [-0.25, -0.2) is 8.42 Å². The zero-order valence-electron chi connectivity index (χ0n) is 19.2. The van der Waals surface area contributed by atoms with Gasteiger partial charge in [0.15, 0.2) is 0 Å². The summed E-state index contributed by atoms with van der Waals surface area (Å²) in [5.41, 5.74) is 1.65. The fraction of sp³-hybridized carbons (Fsp3) is 0.480. The van der Waals surface area contributed by atoms with Gasteiger partial charge in [-0.2, -0.15) is 4.31 Å². The molecule has 2 fully saturated rings. The molecule has 1 N–H and O–H groups in total. The van der Waals surface area contributed by atoms with Gasteiger partial charge >= 0.3 is 0 Å². The average Bonchev–Trinajstić information content (AvgIpc) is 3.12. The van der Waals surface area contributed by atoms with Crippen molar-refractivity contribution >= 4 is 44.8 Å². The summed E-state index contributed by atoms with van der Waals surface area (Å²) in [5, 5.41) is 4.24. The Morgan fingerprint density at radius 1 is 0.912 bits per heavy atom. The van der Waals surface area contributed by atoms with E-state index in [4.69, 9.17) is 23.2 Å². The molecule has 2 aliphatic rings. The van der Waals surface area contributed by atoms with Crippen molar-refractivity contribution in [1.82, 2.24) is 9.21 Å². The number of nitrogens with one attached hydrogen (secondary N) is 1. The van der Waals surface area contributed by atoms with Gasteiger partial charge in [-0.05, 0) is 80.7 Å². The predicted molar refractivity (Wildman–Crippen MR) is 137 cm³/mol. The highest BCUT2D eigenvalue weighted by Crippen LogP contribution is 2.26. The zero-order chi connectivity index (χ0) is 24.1. The summed E-state index contributed by atoms with van der Waals surface area (Å²) in [6.45, 7) is 3.50. The van der Waals surface area contributed by atoms with Crippen molar-refractivity contribution in [2.75, 3.05) is 31.5 Å². The van der Waals surface area contributed by atoms with Gasteiger partial charge in [0.05, 0.1) is 4.90 Å². The van der Waals surface area contributed by atoms with Crippen LogP contribution in [0.15, 0.2) is 47.4 Å². The third-order valence-electron chi connectivity index (χ3n) is 6.69. The first kappa shape index (κ1) is 25.5. The van der Waals surface area contributed by atoms with Crippen molar-refractivity contribution in [3.05, 3.63) is 58.1 Å². The largest absolute Gasteiger partial charge is 0.326 e. The molecular formula is C25H31Cl2N3O3S. The second-order valence-electron chi connectivity index (χ2n) is 9.12. The van der Waals surface area contributed by atoms with E-state index in [2.05, 4.69) is 10.2 Å². The SMILES string of the molecule is O=C(Nc1ccc(S(=O)(=O)N2CCCCCC2)cc1)C1CCN(Cc2ccc(Cl)cc2Cl)CC1. The van der Waals surface area contributed by atoms with Gasteiger partial charge in [-0.3, -0.25) is 9.69 Å². The summed E-state index contributed by atoms with van der Waals surface area (Å²) < 4.78 is 27.5. The Balaban J connectivity index is 1.29. The molecular weight excluding hydrogens is 493 g/mol. The third kappa shape index (κ3) is 6.32. The molecule has 184 valence electrons. The Bertz CT molecular complexity index is 1090. The monoisotopic (exact) mass is 523 g/mol. The lowest BCUT2D eigenvalue weighted by molar-refractivity contribution is -0.121. The van der Waals surface area contributed by atoms with Gasteiger partial charge in [-0.1, -0.05) is 42.1 Å². The van der Waals surface area contributed by atoms with Crippen LogP contribution in [0.1, 0.15) is 44.1 Å². The van der Waals surface area contributed by atoms with Crippen molar-refractivity contribution in [1.29, 1.82) is 0 Å². The summed E-state index contributed by atoms with van der Waals surface area (Å²) in [7, 11) is -3.49. The molecule has 0 spiro atoms. The maximum Gasteiger partial charge on any atom is 0.243 e. The lowest BCUT2D eigenvalue weighted by Crippen LogP contribution is -2.37. The van der Waals surface area contributed by atoms with Crippen molar-refractivity contribution in [2.45, 2.75) is 50.0 Å². The summed E-state index contributed by atoms with van der Waals surface area (Å²) in [5.74, 6) is -0.0928. The van der Waals surface area contributed by atoms with Crippen molar-refractivity contribution in [2.24, 2.45) is 5.92 Å². The number of benzene rings is 2. The van der Waals surface area contributed by atoms with Gasteiger partial charge < -0.3 is 5.32 Å². The first-order valence-corrected chi connectivity index (χ1v) is 14.1. The molecule has 6 nitrogen and oxygen atoms in total. The van der Waals surface area contributed by atoms with E-state index in [-0.39, 0.29) is 16.7 Å². The average molecular weight is 525 g/mol. The van der Waals surface area contributed by atoms with E-state index >= 15 is 0 Å². The molecule has 2 aromatic carbocycles. The minimum atomic E-state index is -3.49. The van der Waals surface area contributed by atoms with Crippen LogP contribution in [-0.2, 0) is 21.4 Å². The summed E-state index contributed by atoms with van der Waals surface area (Å²) in [6, 6.07) is 12.1. The van der Waals surface area contributed by atoms with Gasteiger partial charge in [0.2, 0.25) is 15.9 Å². The lowest BCUT2D eigenvalue weighted by Gasteiger charge is -2.31. The van der Waals surface area contributed by atoms with Crippen LogP contribution in [0.25, 0.3) is 0 Å². The highest BCUT2D eigenvalue weighted by molar-refractivity contribution is 7.89. The van der Waals surface area contributed by atoms with E-state index in [0.29, 0.717) is 28.8 Å². The number of amides is 1. The molecule has 0 aliphatic carbocycles. The first-order valence-electron chi connectivity index (χ1n) is 11.9. The Hall–Kier alpha value is -1.64. The lowest BCUT2D eigenvalue weighted by atomic mass is 9.95. The van der Waals surface area contributed by atoms with Gasteiger partial charge in [0.25, 0.3) is 0 Å². The number of hydrogen-bond donors (Lipinski definition) is 1. The predicted octanol–water partition coefficient (Wildman–Crippen LogP) is 5.41. The minimum Gasteiger partial charge on any atom is -0.326 e. The molecule has 0 saturated carbocycles. The van der Waals surface area contributed by atoms with Crippen molar-refractivity contribution in [3.8, 4) is 0 Å². The summed E-state index contributed by atoms with van der Waals surface area (Å²) in [4.78, 5) is 15.4. The maximum atomic E-state index is 12.9. The number of hydrogen-bond acceptors (Lipinski definition) is 4. The third-order valence-corrected chi connectivity index (χ3v) is 9.19. The van der Waals surface area contributed by atoms with Crippen molar-refractivity contribution in [3.63, 3.8) is 0 Å². The molecule has 0 radical (unpaired) electrons. The number of nitrogens with zero attached hydrogens (tertiary/aromatic N) is 2. The van der Waals surface area contributed by atoms with Crippen LogP contribution < -0.4 is 5.32 Å². The van der Waals surface area contributed by atoms with Crippen LogP contribution in [0.4, 0.5) is 5.69 Å². The molecule has 2 saturated heterocycles. The molecule has 2 aliphatic heterocycles. The van der Waals surface area contributed by atoms with Gasteiger partial charge in [-0.15, -0.1) is 0 Å². The number of likely N-dealkylation sites (tertiary alicyclic amines) is 1. The van der Waals surface area contributed by atoms with Gasteiger partial charge in [0, 0.05) is 41.3 Å². The Kier molecular flexibility index (Phi) is 8.53. The second kappa shape index (κ2) is 11.4. The Morgan fingerprint density at radius 2 is 1.56 bits per heavy atom. The quantitative estimate of drug-likeness (QED) is 0.549. The standard InChI is InChI=1S/C25H31Cl2N3O3S/c26-21-6-5-20(24(27)17-21)18-29-15-11-19(12-16-29)25(31)28-22-7-9-23(10-8-22)34(32,33)30-13-3-1-2-4-14-30/h5-10,17,19H,1-4,11-16,18H2,(H,28,31). The molecule has 1 amide bonds. The molecule has 0 unspecified atom stereocenters. The molecule has 2 aromatic rings. The fourth-order valence-corrected chi connectivity index (χ4v) is 6.62. The number of halogens is 2. The van der Waals surface area contributed by atoms with E-state index in [9.17, 15) is 13.2 Å². The molecule has 9 heteroatoms. The number of carbonyl (C=O) groups is 1. The van der Waals surface area contributed by atoms with Crippen molar-refractivity contribution < 1.29 is 13.2 Å². The van der Waals surface area contributed by atoms with E-state index < -0.39 is 10.0 Å². The number of sulfonamides is 1. The molecule has 34 heavy (non-hydrogen) atoms. The Labute approximate surface area is 212 Å². The van der Waals surface area contributed by atoms with Crippen LogP contribution in [0.2, 0.25) is 10.0 Å². The zero-order valence-corrected chi connectivity index (χ0v) is 21.5. The van der Waals surface area contributed by atoms with Crippen LogP contribution >= 0.6 is 23.2 Å². The van der Waals surface area contributed by atoms with Crippen LogP contribution in [0.3, 0.4) is 0 Å².